The second-order valence-electron chi connectivity index (χ2n) is 5.95. The molecule has 2 aromatic rings. The van der Waals surface area contributed by atoms with Gasteiger partial charge in [-0.2, -0.15) is 0 Å². The monoisotopic (exact) mass is 365 g/mol. The summed E-state index contributed by atoms with van der Waals surface area (Å²) in [5, 5.41) is 0.731. The first kappa shape index (κ1) is 17.2. The van der Waals surface area contributed by atoms with Crippen molar-refractivity contribution in [3.8, 4) is 0 Å². The van der Waals surface area contributed by atoms with Crippen molar-refractivity contribution in [3.05, 3.63) is 30.0 Å². The minimum Gasteiger partial charge on any atom is -0.341 e. The largest absolute Gasteiger partial charge is 0.341 e. The van der Waals surface area contributed by atoms with Crippen LogP contribution in [0.5, 0.6) is 0 Å². The molecule has 1 atom stereocenters. The minimum absolute atomic E-state index is 0.0642. The summed E-state index contributed by atoms with van der Waals surface area (Å²) in [6.45, 7) is 1.87. The lowest BCUT2D eigenvalue weighted by Crippen LogP contribution is -2.38. The van der Waals surface area contributed by atoms with E-state index in [4.69, 9.17) is 0 Å². The zero-order chi connectivity index (χ0) is 17.3. The molecule has 1 aromatic heterocycles. The third-order valence-corrected chi connectivity index (χ3v) is 6.99. The Hall–Kier alpha value is -1.67. The van der Waals surface area contributed by atoms with Crippen LogP contribution in [-0.4, -0.2) is 59.5 Å². The number of carbonyl (C=O) groups is 1. The molecule has 1 aromatic carbocycles. The van der Waals surface area contributed by atoms with Crippen LogP contribution in [0, 0.1) is 6.92 Å². The first-order chi connectivity index (χ1) is 11.4. The van der Waals surface area contributed by atoms with Gasteiger partial charge in [0.05, 0.1) is 34.0 Å². The normalized spacial score (nSPS) is 19.5. The molecular weight excluding hydrogens is 346 g/mol. The number of carbonyl (C=O) groups excluding carboxylic acids is 1. The van der Waals surface area contributed by atoms with Gasteiger partial charge in [0.25, 0.3) is 0 Å². The van der Waals surface area contributed by atoms with Gasteiger partial charge in [-0.25, -0.2) is 18.4 Å². The van der Waals surface area contributed by atoms with Crippen molar-refractivity contribution in [1.82, 2.24) is 14.9 Å². The first-order valence-corrected chi connectivity index (χ1v) is 10.5. The van der Waals surface area contributed by atoms with Crippen molar-refractivity contribution in [2.75, 3.05) is 24.3 Å². The van der Waals surface area contributed by atoms with E-state index in [1.165, 1.54) is 11.8 Å². The summed E-state index contributed by atoms with van der Waals surface area (Å²) in [5.41, 5.74) is 2.42. The highest BCUT2D eigenvalue weighted by Gasteiger charge is 2.32. The second-order valence-corrected chi connectivity index (χ2v) is 9.15. The standard InChI is InChI=1S/C16H19N3O3S2/c1-11-16(18-14-6-4-3-5-13(14)17-11)23-9-15(20)19(2)12-7-8-24(21,22)10-12/h3-6,12H,7-10H2,1-2H3/t12-/m1/s1. The molecule has 3 rings (SSSR count). The van der Waals surface area contributed by atoms with Crippen molar-refractivity contribution < 1.29 is 13.2 Å². The Balaban J connectivity index is 1.67. The number of amides is 1. The molecule has 1 amide bonds. The predicted molar refractivity (Wildman–Crippen MR) is 94.8 cm³/mol. The maximum atomic E-state index is 12.4. The number of hydrogen-bond donors (Lipinski definition) is 0. The number of aromatic nitrogens is 2. The summed E-state index contributed by atoms with van der Waals surface area (Å²) >= 11 is 1.34. The van der Waals surface area contributed by atoms with Crippen LogP contribution < -0.4 is 0 Å². The van der Waals surface area contributed by atoms with Gasteiger partial charge in [0.15, 0.2) is 9.84 Å². The van der Waals surface area contributed by atoms with Crippen LogP contribution in [0.4, 0.5) is 0 Å². The molecule has 0 saturated carbocycles. The fourth-order valence-electron chi connectivity index (χ4n) is 2.73. The van der Waals surface area contributed by atoms with E-state index in [-0.39, 0.29) is 29.2 Å². The van der Waals surface area contributed by atoms with Crippen molar-refractivity contribution in [2.45, 2.75) is 24.4 Å². The molecule has 1 aliphatic rings. The maximum Gasteiger partial charge on any atom is 0.233 e. The molecule has 0 radical (unpaired) electrons. The summed E-state index contributed by atoms with van der Waals surface area (Å²) < 4.78 is 23.1. The van der Waals surface area contributed by atoms with Crippen LogP contribution in [0.25, 0.3) is 11.0 Å². The molecule has 0 spiro atoms. The Morgan fingerprint density at radius 2 is 1.96 bits per heavy atom. The van der Waals surface area contributed by atoms with E-state index in [2.05, 4.69) is 9.97 Å². The molecule has 128 valence electrons. The molecule has 8 heteroatoms. The Morgan fingerprint density at radius 1 is 1.29 bits per heavy atom. The summed E-state index contributed by atoms with van der Waals surface area (Å²) in [5.74, 6) is 0.365. The fourth-order valence-corrected chi connectivity index (χ4v) is 5.38. The Morgan fingerprint density at radius 3 is 2.58 bits per heavy atom. The topological polar surface area (TPSA) is 80.2 Å². The smallest absolute Gasteiger partial charge is 0.233 e. The molecule has 24 heavy (non-hydrogen) atoms. The number of aryl methyl sites for hydroxylation is 1. The van der Waals surface area contributed by atoms with E-state index in [0.717, 1.165) is 21.8 Å². The van der Waals surface area contributed by atoms with Gasteiger partial charge in [-0.3, -0.25) is 4.79 Å². The molecule has 6 nitrogen and oxygen atoms in total. The number of fused-ring (bicyclic) bond motifs is 1. The fraction of sp³-hybridized carbons (Fsp3) is 0.438. The predicted octanol–water partition coefficient (Wildman–Crippen LogP) is 1.68. The van der Waals surface area contributed by atoms with Crippen LogP contribution in [-0.2, 0) is 14.6 Å². The van der Waals surface area contributed by atoms with Crippen LogP contribution in [0.3, 0.4) is 0 Å². The number of nitrogens with zero attached hydrogens (tertiary/aromatic N) is 3. The number of benzene rings is 1. The van der Waals surface area contributed by atoms with Crippen LogP contribution >= 0.6 is 11.8 Å². The van der Waals surface area contributed by atoms with Gasteiger partial charge in [-0.05, 0) is 25.5 Å². The van der Waals surface area contributed by atoms with Crippen LogP contribution in [0.15, 0.2) is 29.3 Å². The number of thioether (sulfide) groups is 1. The number of para-hydroxylation sites is 2. The Bertz CT molecular complexity index is 883. The first-order valence-electron chi connectivity index (χ1n) is 7.68. The van der Waals surface area contributed by atoms with Crippen molar-refractivity contribution in [1.29, 1.82) is 0 Å². The van der Waals surface area contributed by atoms with Gasteiger partial charge in [-0.15, -0.1) is 0 Å². The third kappa shape index (κ3) is 3.70. The average Bonchev–Trinajstić information content (AvgIpc) is 2.91. The van der Waals surface area contributed by atoms with Gasteiger partial charge in [0.2, 0.25) is 5.91 Å². The number of hydrogen-bond acceptors (Lipinski definition) is 6. The molecule has 1 fully saturated rings. The SMILES string of the molecule is Cc1nc2ccccc2nc1SCC(=O)N(C)[C@@H]1CCS(=O)(=O)C1. The Kier molecular flexibility index (Phi) is 4.78. The molecule has 1 saturated heterocycles. The zero-order valence-corrected chi connectivity index (χ0v) is 15.2. The van der Waals surface area contributed by atoms with Gasteiger partial charge < -0.3 is 4.90 Å². The number of rotatable bonds is 4. The van der Waals surface area contributed by atoms with E-state index >= 15 is 0 Å². The van der Waals surface area contributed by atoms with Crippen LogP contribution in [0.1, 0.15) is 12.1 Å². The molecule has 0 bridgehead atoms. The molecule has 2 heterocycles. The lowest BCUT2D eigenvalue weighted by Gasteiger charge is -2.23. The lowest BCUT2D eigenvalue weighted by molar-refractivity contribution is -0.128. The molecule has 0 N–H and O–H groups in total. The Labute approximate surface area is 145 Å². The van der Waals surface area contributed by atoms with E-state index in [1.807, 2.05) is 31.2 Å². The summed E-state index contributed by atoms with van der Waals surface area (Å²) in [6.07, 6.45) is 0.518. The van der Waals surface area contributed by atoms with E-state index in [1.54, 1.807) is 11.9 Å². The van der Waals surface area contributed by atoms with E-state index in [0.29, 0.717) is 6.42 Å². The zero-order valence-electron chi connectivity index (χ0n) is 13.6. The van der Waals surface area contributed by atoms with Crippen molar-refractivity contribution >= 4 is 38.5 Å². The second kappa shape index (κ2) is 6.68. The lowest BCUT2D eigenvalue weighted by atomic mass is 10.2. The highest BCUT2D eigenvalue weighted by molar-refractivity contribution is 7.99. The summed E-state index contributed by atoms with van der Waals surface area (Å²) in [7, 11) is -1.32. The van der Waals surface area contributed by atoms with Gasteiger partial charge >= 0.3 is 0 Å². The highest BCUT2D eigenvalue weighted by Crippen LogP contribution is 2.23. The van der Waals surface area contributed by atoms with Gasteiger partial charge in [0, 0.05) is 13.1 Å². The van der Waals surface area contributed by atoms with E-state index < -0.39 is 9.84 Å². The van der Waals surface area contributed by atoms with Crippen LogP contribution in [0.2, 0.25) is 0 Å². The molecule has 0 unspecified atom stereocenters. The summed E-state index contributed by atoms with van der Waals surface area (Å²) in [6, 6.07) is 7.40. The highest BCUT2D eigenvalue weighted by atomic mass is 32.2. The summed E-state index contributed by atoms with van der Waals surface area (Å²) in [4.78, 5) is 23.0. The maximum absolute atomic E-state index is 12.4. The quantitative estimate of drug-likeness (QED) is 0.767. The molecule has 0 aliphatic carbocycles. The molecular formula is C16H19N3O3S2. The van der Waals surface area contributed by atoms with Crippen molar-refractivity contribution in [2.24, 2.45) is 0 Å². The van der Waals surface area contributed by atoms with Gasteiger partial charge in [0.1, 0.15) is 5.03 Å². The number of sulfone groups is 1. The third-order valence-electron chi connectivity index (χ3n) is 4.18. The van der Waals surface area contributed by atoms with E-state index in [9.17, 15) is 13.2 Å². The van der Waals surface area contributed by atoms with Crippen molar-refractivity contribution in [3.63, 3.8) is 0 Å². The van der Waals surface area contributed by atoms with Gasteiger partial charge in [-0.1, -0.05) is 23.9 Å². The minimum atomic E-state index is -3.00. The average molecular weight is 365 g/mol. The molecule has 1 aliphatic heterocycles.